The molecule has 0 atom stereocenters. The summed E-state index contributed by atoms with van der Waals surface area (Å²) >= 11 is 0. The van der Waals surface area contributed by atoms with Gasteiger partial charge < -0.3 is 10.1 Å². The standard InChI is InChI=1S/C16H15FN2O4/c1-9-4-5-13(12(17)6-9)18-14-11(16(22)23-3)7-10(8-20)15(21)19(14)2/h4-8,18H,1-3H3. The van der Waals surface area contributed by atoms with Gasteiger partial charge in [-0.3, -0.25) is 14.2 Å². The van der Waals surface area contributed by atoms with Gasteiger partial charge in [0.15, 0.2) is 6.29 Å². The smallest absolute Gasteiger partial charge is 0.341 e. The van der Waals surface area contributed by atoms with Crippen molar-refractivity contribution in [2.75, 3.05) is 12.4 Å². The molecule has 0 amide bonds. The van der Waals surface area contributed by atoms with E-state index in [1.54, 1.807) is 13.0 Å². The lowest BCUT2D eigenvalue weighted by Crippen LogP contribution is -2.26. The zero-order valence-electron chi connectivity index (χ0n) is 12.8. The fraction of sp³-hybridized carbons (Fsp3) is 0.188. The third-order valence-corrected chi connectivity index (χ3v) is 3.35. The van der Waals surface area contributed by atoms with Gasteiger partial charge in [-0.25, -0.2) is 9.18 Å². The number of methoxy groups -OCH3 is 1. The number of carbonyl (C=O) groups is 2. The van der Waals surface area contributed by atoms with Gasteiger partial charge in [0.25, 0.3) is 5.56 Å². The van der Waals surface area contributed by atoms with Crippen LogP contribution >= 0.6 is 0 Å². The van der Waals surface area contributed by atoms with E-state index in [4.69, 9.17) is 0 Å². The summed E-state index contributed by atoms with van der Waals surface area (Å²) in [5, 5.41) is 2.71. The van der Waals surface area contributed by atoms with Gasteiger partial charge in [0.05, 0.1) is 18.4 Å². The summed E-state index contributed by atoms with van der Waals surface area (Å²) < 4.78 is 19.7. The van der Waals surface area contributed by atoms with Crippen molar-refractivity contribution in [3.05, 3.63) is 57.1 Å². The van der Waals surface area contributed by atoms with Gasteiger partial charge in [-0.05, 0) is 30.7 Å². The molecule has 2 aromatic rings. The van der Waals surface area contributed by atoms with Crippen LogP contribution < -0.4 is 10.9 Å². The molecule has 0 aliphatic carbocycles. The summed E-state index contributed by atoms with van der Waals surface area (Å²) in [7, 11) is 2.54. The number of benzene rings is 1. The van der Waals surface area contributed by atoms with Gasteiger partial charge in [0, 0.05) is 7.05 Å². The van der Waals surface area contributed by atoms with E-state index in [1.165, 1.54) is 26.3 Å². The summed E-state index contributed by atoms with van der Waals surface area (Å²) in [6, 6.07) is 5.61. The van der Waals surface area contributed by atoms with Crippen LogP contribution in [0.5, 0.6) is 0 Å². The number of nitrogens with zero attached hydrogens (tertiary/aromatic N) is 1. The quantitative estimate of drug-likeness (QED) is 0.690. The first kappa shape index (κ1) is 16.4. The first-order chi connectivity index (χ1) is 10.9. The molecular formula is C16H15FN2O4. The summed E-state index contributed by atoms with van der Waals surface area (Å²) in [6.45, 7) is 1.74. The Kier molecular flexibility index (Phi) is 4.59. The van der Waals surface area contributed by atoms with Crippen LogP contribution in [0.25, 0.3) is 0 Å². The van der Waals surface area contributed by atoms with Gasteiger partial charge in [0.2, 0.25) is 0 Å². The maximum absolute atomic E-state index is 14.0. The van der Waals surface area contributed by atoms with Crippen LogP contribution in [0.2, 0.25) is 0 Å². The minimum absolute atomic E-state index is 0.0372. The van der Waals surface area contributed by atoms with Crippen LogP contribution in [0, 0.1) is 12.7 Å². The zero-order chi connectivity index (χ0) is 17.1. The molecule has 1 N–H and O–H groups in total. The molecule has 23 heavy (non-hydrogen) atoms. The van der Waals surface area contributed by atoms with Gasteiger partial charge in [-0.15, -0.1) is 0 Å². The Labute approximate surface area is 131 Å². The first-order valence-electron chi connectivity index (χ1n) is 6.69. The number of esters is 1. The molecule has 0 spiro atoms. The highest BCUT2D eigenvalue weighted by atomic mass is 19.1. The average molecular weight is 318 g/mol. The van der Waals surface area contributed by atoms with E-state index in [0.717, 1.165) is 16.2 Å². The lowest BCUT2D eigenvalue weighted by Gasteiger charge is -2.16. The van der Waals surface area contributed by atoms with Crippen molar-refractivity contribution in [2.45, 2.75) is 6.92 Å². The highest BCUT2D eigenvalue weighted by Gasteiger charge is 2.19. The fourth-order valence-electron chi connectivity index (χ4n) is 2.11. The molecule has 7 heteroatoms. The SMILES string of the molecule is COC(=O)c1cc(C=O)c(=O)n(C)c1Nc1ccc(C)cc1F. The molecule has 120 valence electrons. The molecule has 0 aliphatic rings. The molecule has 0 radical (unpaired) electrons. The molecule has 6 nitrogen and oxygen atoms in total. The van der Waals surface area contributed by atoms with Crippen molar-refractivity contribution in [3.8, 4) is 0 Å². The minimum atomic E-state index is -0.751. The van der Waals surface area contributed by atoms with Crippen LogP contribution in [0.15, 0.2) is 29.1 Å². The van der Waals surface area contributed by atoms with Crippen LogP contribution in [-0.2, 0) is 11.8 Å². The van der Waals surface area contributed by atoms with Crippen LogP contribution in [0.3, 0.4) is 0 Å². The van der Waals surface area contributed by atoms with Crippen LogP contribution in [0.1, 0.15) is 26.3 Å². The zero-order valence-corrected chi connectivity index (χ0v) is 12.8. The topological polar surface area (TPSA) is 77.4 Å². The van der Waals surface area contributed by atoms with Crippen molar-refractivity contribution < 1.29 is 18.7 Å². The molecule has 1 aromatic heterocycles. The van der Waals surface area contributed by atoms with Gasteiger partial charge in [-0.2, -0.15) is 0 Å². The third-order valence-electron chi connectivity index (χ3n) is 3.35. The summed E-state index contributed by atoms with van der Waals surface area (Å²) in [5.41, 5.74) is -0.0248. The highest BCUT2D eigenvalue weighted by molar-refractivity contribution is 5.97. The number of nitrogens with one attached hydrogen (secondary N) is 1. The number of pyridine rings is 1. The largest absolute Gasteiger partial charge is 0.465 e. The Morgan fingerprint density at radius 2 is 2.04 bits per heavy atom. The number of ether oxygens (including phenoxy) is 1. The Balaban J connectivity index is 2.64. The second-order valence-corrected chi connectivity index (χ2v) is 4.94. The molecule has 0 bridgehead atoms. The van der Waals surface area contributed by atoms with E-state index in [9.17, 15) is 18.8 Å². The predicted octanol–water partition coefficient (Wildman–Crippen LogP) is 2.18. The molecule has 0 unspecified atom stereocenters. The number of aromatic nitrogens is 1. The van der Waals surface area contributed by atoms with Crippen molar-refractivity contribution in [1.82, 2.24) is 4.57 Å². The lowest BCUT2D eigenvalue weighted by molar-refractivity contribution is 0.0601. The van der Waals surface area contributed by atoms with Crippen LogP contribution in [-0.4, -0.2) is 23.9 Å². The van der Waals surface area contributed by atoms with E-state index in [2.05, 4.69) is 10.1 Å². The van der Waals surface area contributed by atoms with E-state index in [1.807, 2.05) is 0 Å². The van der Waals surface area contributed by atoms with Crippen molar-refractivity contribution in [3.63, 3.8) is 0 Å². The van der Waals surface area contributed by atoms with Gasteiger partial charge >= 0.3 is 5.97 Å². The van der Waals surface area contributed by atoms with Crippen molar-refractivity contribution in [1.29, 1.82) is 0 Å². The number of hydrogen-bond acceptors (Lipinski definition) is 5. The van der Waals surface area contributed by atoms with Crippen molar-refractivity contribution in [2.24, 2.45) is 7.05 Å². The number of hydrogen-bond donors (Lipinski definition) is 1. The fourth-order valence-corrected chi connectivity index (χ4v) is 2.11. The molecule has 0 fully saturated rings. The molecule has 2 rings (SSSR count). The van der Waals surface area contributed by atoms with Crippen molar-refractivity contribution >= 4 is 23.8 Å². The number of aryl methyl sites for hydroxylation is 1. The predicted molar refractivity (Wildman–Crippen MR) is 82.8 cm³/mol. The summed E-state index contributed by atoms with van der Waals surface area (Å²) in [4.78, 5) is 34.9. The Bertz CT molecular complexity index is 843. The van der Waals surface area contributed by atoms with Crippen LogP contribution in [0.4, 0.5) is 15.9 Å². The van der Waals surface area contributed by atoms with E-state index >= 15 is 0 Å². The number of aldehydes is 1. The highest BCUT2D eigenvalue weighted by Crippen LogP contribution is 2.23. The normalized spacial score (nSPS) is 10.3. The maximum atomic E-state index is 14.0. The van der Waals surface area contributed by atoms with Gasteiger partial charge in [0.1, 0.15) is 17.2 Å². The molecule has 0 saturated heterocycles. The molecule has 0 aliphatic heterocycles. The lowest BCUT2D eigenvalue weighted by atomic mass is 10.1. The Hall–Kier alpha value is -2.96. The molecular weight excluding hydrogens is 303 g/mol. The number of rotatable bonds is 4. The van der Waals surface area contributed by atoms with Gasteiger partial charge in [-0.1, -0.05) is 6.07 Å². The Morgan fingerprint density at radius 3 is 2.61 bits per heavy atom. The van der Waals surface area contributed by atoms with E-state index in [0.29, 0.717) is 6.29 Å². The average Bonchev–Trinajstić information content (AvgIpc) is 2.53. The number of halogens is 1. The minimum Gasteiger partial charge on any atom is -0.465 e. The summed E-state index contributed by atoms with van der Waals surface area (Å²) in [6.07, 6.45) is 0.352. The second-order valence-electron chi connectivity index (χ2n) is 4.94. The monoisotopic (exact) mass is 318 g/mol. The molecule has 0 saturated carbocycles. The number of anilines is 2. The second kappa shape index (κ2) is 6.43. The van der Waals surface area contributed by atoms with E-state index in [-0.39, 0.29) is 22.6 Å². The third kappa shape index (κ3) is 3.13. The Morgan fingerprint density at radius 1 is 1.35 bits per heavy atom. The summed E-state index contributed by atoms with van der Waals surface area (Å²) in [5.74, 6) is -1.25. The first-order valence-corrected chi connectivity index (χ1v) is 6.69. The maximum Gasteiger partial charge on any atom is 0.341 e. The number of carbonyl (C=O) groups excluding carboxylic acids is 2. The van der Waals surface area contributed by atoms with E-state index < -0.39 is 17.3 Å². The molecule has 1 heterocycles. The molecule has 1 aromatic carbocycles.